The molecule has 0 radical (unpaired) electrons. The molecule has 0 saturated carbocycles. The lowest BCUT2D eigenvalue weighted by Gasteiger charge is -2.22. The number of ether oxygens (including phenoxy) is 1. The van der Waals surface area contributed by atoms with Gasteiger partial charge in [-0.2, -0.15) is 5.10 Å². The number of piperidine rings is 1. The largest absolute Gasteiger partial charge is 0.484 e. The van der Waals surface area contributed by atoms with E-state index >= 15 is 0 Å². The number of nitrogens with zero attached hydrogens (tertiary/aromatic N) is 3. The highest BCUT2D eigenvalue weighted by molar-refractivity contribution is 5.78. The summed E-state index contributed by atoms with van der Waals surface area (Å²) in [4.78, 5) is 4.70. The molecule has 0 aliphatic carbocycles. The fourth-order valence-electron chi connectivity index (χ4n) is 3.16. The van der Waals surface area contributed by atoms with Crippen LogP contribution in [0.1, 0.15) is 30.1 Å². The first-order valence-corrected chi connectivity index (χ1v) is 8.71. The molecular weight excluding hydrogens is 335 g/mol. The molecule has 0 bridgehead atoms. The summed E-state index contributed by atoms with van der Waals surface area (Å²) < 4.78 is 19.9. The average Bonchev–Trinajstić information content (AvgIpc) is 3.23. The van der Waals surface area contributed by atoms with Gasteiger partial charge in [0.25, 0.3) is 0 Å². The van der Waals surface area contributed by atoms with Crippen molar-refractivity contribution >= 4 is 12.0 Å². The Balaban J connectivity index is 1.41. The van der Waals surface area contributed by atoms with Crippen molar-refractivity contribution in [1.82, 2.24) is 21.4 Å². The maximum atomic E-state index is 14.3. The smallest absolute Gasteiger partial charge is 0.167 e. The summed E-state index contributed by atoms with van der Waals surface area (Å²) in [6, 6.07) is 10.7. The number of anilines is 1. The van der Waals surface area contributed by atoms with Crippen LogP contribution < -0.4 is 26.1 Å². The van der Waals surface area contributed by atoms with Gasteiger partial charge in [0.2, 0.25) is 0 Å². The summed E-state index contributed by atoms with van der Waals surface area (Å²) in [5.41, 5.74) is 7.84. The highest BCUT2D eigenvalue weighted by atomic mass is 19.1. The van der Waals surface area contributed by atoms with Crippen LogP contribution in [0.3, 0.4) is 0 Å². The monoisotopic (exact) mass is 356 g/mol. The molecule has 0 spiro atoms. The Morgan fingerprint density at radius 2 is 2.08 bits per heavy atom. The number of aromatic nitrogens is 1. The zero-order valence-electron chi connectivity index (χ0n) is 14.3. The molecule has 7 nitrogen and oxygen atoms in total. The zero-order chi connectivity index (χ0) is 17.8. The number of benzene rings is 1. The van der Waals surface area contributed by atoms with Gasteiger partial charge < -0.3 is 10.1 Å². The van der Waals surface area contributed by atoms with E-state index in [-0.39, 0.29) is 12.4 Å². The molecule has 1 fully saturated rings. The Morgan fingerprint density at radius 1 is 1.19 bits per heavy atom. The van der Waals surface area contributed by atoms with E-state index in [0.29, 0.717) is 11.6 Å². The molecule has 0 unspecified atom stereocenters. The van der Waals surface area contributed by atoms with Crippen molar-refractivity contribution in [3.63, 3.8) is 0 Å². The first kappa shape index (κ1) is 16.7. The molecular formula is C18H21FN6O. The summed E-state index contributed by atoms with van der Waals surface area (Å²) >= 11 is 0. The second-order valence-electron chi connectivity index (χ2n) is 6.32. The van der Waals surface area contributed by atoms with E-state index in [9.17, 15) is 4.39 Å². The molecule has 1 saturated heterocycles. The summed E-state index contributed by atoms with van der Waals surface area (Å²) in [5.74, 6) is 0.251. The lowest BCUT2D eigenvalue weighted by Crippen LogP contribution is -2.37. The average molecular weight is 356 g/mol. The van der Waals surface area contributed by atoms with Crippen molar-refractivity contribution in [3.05, 3.63) is 53.6 Å². The maximum Gasteiger partial charge on any atom is 0.167 e. The Kier molecular flexibility index (Phi) is 4.94. The standard InChI is InChI=1S/C18H21FN6O/c19-16-10-15(25-12-21-23-24-25)4-5-18(16)26-11-14-2-1-3-17(22-14)13-6-8-20-9-7-13/h1-5,10,12-13,20,23-24H,6-9,11H2. The lowest BCUT2D eigenvalue weighted by atomic mass is 9.94. The third-order valence-corrected chi connectivity index (χ3v) is 4.56. The molecule has 1 aromatic heterocycles. The van der Waals surface area contributed by atoms with Crippen LogP contribution in [-0.4, -0.2) is 24.4 Å². The van der Waals surface area contributed by atoms with Crippen molar-refractivity contribution in [3.8, 4) is 5.75 Å². The lowest BCUT2D eigenvalue weighted by molar-refractivity contribution is 0.285. The highest BCUT2D eigenvalue weighted by Crippen LogP contribution is 2.25. The second kappa shape index (κ2) is 7.67. The van der Waals surface area contributed by atoms with Gasteiger partial charge >= 0.3 is 0 Å². The predicted molar refractivity (Wildman–Crippen MR) is 97.1 cm³/mol. The van der Waals surface area contributed by atoms with Gasteiger partial charge in [-0.3, -0.25) is 4.98 Å². The normalized spacial score (nSPS) is 17.3. The number of hydrogen-bond donors (Lipinski definition) is 3. The van der Waals surface area contributed by atoms with Gasteiger partial charge in [-0.1, -0.05) is 6.07 Å². The maximum absolute atomic E-state index is 14.3. The van der Waals surface area contributed by atoms with Crippen LogP contribution in [-0.2, 0) is 6.61 Å². The number of hydrazone groups is 1. The minimum Gasteiger partial charge on any atom is -0.484 e. The third-order valence-electron chi connectivity index (χ3n) is 4.56. The highest BCUT2D eigenvalue weighted by Gasteiger charge is 2.17. The molecule has 0 atom stereocenters. The van der Waals surface area contributed by atoms with Gasteiger partial charge in [-0.15, -0.1) is 5.53 Å². The van der Waals surface area contributed by atoms with Gasteiger partial charge in [0.15, 0.2) is 11.6 Å². The van der Waals surface area contributed by atoms with E-state index in [1.54, 1.807) is 17.1 Å². The fraction of sp³-hybridized carbons (Fsp3) is 0.333. The third kappa shape index (κ3) is 3.76. The van der Waals surface area contributed by atoms with Crippen LogP contribution in [0, 0.1) is 5.82 Å². The van der Waals surface area contributed by atoms with Gasteiger partial charge in [0.05, 0.1) is 11.4 Å². The quantitative estimate of drug-likeness (QED) is 0.761. The first-order chi connectivity index (χ1) is 12.8. The number of hydrogen-bond acceptors (Lipinski definition) is 7. The number of halogens is 1. The van der Waals surface area contributed by atoms with Crippen molar-refractivity contribution < 1.29 is 9.13 Å². The first-order valence-electron chi connectivity index (χ1n) is 8.71. The molecule has 0 amide bonds. The Morgan fingerprint density at radius 3 is 2.85 bits per heavy atom. The molecule has 2 aliphatic heterocycles. The minimum absolute atomic E-state index is 0.201. The summed E-state index contributed by atoms with van der Waals surface area (Å²) in [7, 11) is 0. The molecule has 4 rings (SSSR count). The number of rotatable bonds is 5. The number of pyridine rings is 1. The Hall–Kier alpha value is -2.71. The van der Waals surface area contributed by atoms with E-state index in [0.717, 1.165) is 37.3 Å². The number of hydrazine groups is 2. The van der Waals surface area contributed by atoms with E-state index < -0.39 is 5.82 Å². The summed E-state index contributed by atoms with van der Waals surface area (Å²) in [6.07, 6.45) is 3.71. The van der Waals surface area contributed by atoms with Crippen molar-refractivity contribution in [2.75, 3.05) is 18.1 Å². The van der Waals surface area contributed by atoms with Crippen molar-refractivity contribution in [2.45, 2.75) is 25.4 Å². The molecule has 136 valence electrons. The van der Waals surface area contributed by atoms with Crippen molar-refractivity contribution in [2.24, 2.45) is 5.10 Å². The molecule has 1 aromatic carbocycles. The van der Waals surface area contributed by atoms with Crippen LogP contribution in [0.5, 0.6) is 5.75 Å². The van der Waals surface area contributed by atoms with Gasteiger partial charge in [0, 0.05) is 17.7 Å². The molecule has 3 N–H and O–H groups in total. The van der Waals surface area contributed by atoms with Crippen LogP contribution in [0.4, 0.5) is 10.1 Å². The summed E-state index contributed by atoms with van der Waals surface area (Å²) in [6.45, 7) is 2.29. The van der Waals surface area contributed by atoms with E-state index in [1.807, 2.05) is 12.1 Å². The zero-order valence-corrected chi connectivity index (χ0v) is 14.3. The Labute approximate surface area is 151 Å². The van der Waals surface area contributed by atoms with Crippen LogP contribution in [0.25, 0.3) is 0 Å². The van der Waals surface area contributed by atoms with Crippen LogP contribution >= 0.6 is 0 Å². The topological polar surface area (TPSA) is 73.8 Å². The van der Waals surface area contributed by atoms with Gasteiger partial charge in [0.1, 0.15) is 12.9 Å². The SMILES string of the molecule is Fc1cc(N2C=NNN2)ccc1OCc1cccc(C2CCNCC2)n1. The molecule has 2 aliphatic rings. The molecule has 8 heteroatoms. The Bertz CT molecular complexity index is 793. The molecule has 2 aromatic rings. The van der Waals surface area contributed by atoms with Gasteiger partial charge in [-0.25, -0.2) is 14.9 Å². The molecule has 26 heavy (non-hydrogen) atoms. The number of nitrogens with one attached hydrogen (secondary N) is 3. The minimum atomic E-state index is -0.431. The van der Waals surface area contributed by atoms with E-state index in [4.69, 9.17) is 9.72 Å². The van der Waals surface area contributed by atoms with Crippen LogP contribution in [0.15, 0.2) is 41.5 Å². The summed E-state index contributed by atoms with van der Waals surface area (Å²) in [5, 5.41) is 8.72. The van der Waals surface area contributed by atoms with Crippen molar-refractivity contribution in [1.29, 1.82) is 0 Å². The van der Waals surface area contributed by atoms with Gasteiger partial charge in [-0.05, 0) is 50.2 Å². The predicted octanol–water partition coefficient (Wildman–Crippen LogP) is 2.04. The van der Waals surface area contributed by atoms with Crippen LogP contribution in [0.2, 0.25) is 0 Å². The fourth-order valence-corrected chi connectivity index (χ4v) is 3.16. The van der Waals surface area contributed by atoms with E-state index in [2.05, 4.69) is 27.6 Å². The van der Waals surface area contributed by atoms with E-state index in [1.165, 1.54) is 12.4 Å². The second-order valence-corrected chi connectivity index (χ2v) is 6.32. The molecule has 3 heterocycles.